The standard InChI is InChI=1S/C48H33N/c1-2-18-45(19-3-1)49(46-20-10-17-40(32-46)41-24-21-34-11-4-7-14-37(34)29-41)48-33-43(42-25-22-35-12-5-8-15-38(35)30-42)27-28-47(48)44-26-23-36-13-6-9-16-39(36)31-44/h1-33H. The Morgan fingerprint density at radius 3 is 1.27 bits per heavy atom. The van der Waals surface area contributed by atoms with Gasteiger partial charge in [-0.15, -0.1) is 0 Å². The smallest absolute Gasteiger partial charge is 0.0546 e. The number of anilines is 3. The van der Waals surface area contributed by atoms with Crippen molar-refractivity contribution in [1.29, 1.82) is 0 Å². The number of nitrogens with zero attached hydrogens (tertiary/aromatic N) is 1. The molecule has 0 bridgehead atoms. The van der Waals surface area contributed by atoms with Crippen molar-refractivity contribution in [3.05, 3.63) is 200 Å². The molecule has 0 unspecified atom stereocenters. The van der Waals surface area contributed by atoms with Gasteiger partial charge in [-0.2, -0.15) is 0 Å². The van der Waals surface area contributed by atoms with Crippen LogP contribution in [0.3, 0.4) is 0 Å². The number of para-hydroxylation sites is 1. The number of rotatable bonds is 6. The summed E-state index contributed by atoms with van der Waals surface area (Å²) in [5.74, 6) is 0. The van der Waals surface area contributed by atoms with Crippen LogP contribution in [0.5, 0.6) is 0 Å². The highest BCUT2D eigenvalue weighted by Gasteiger charge is 2.19. The summed E-state index contributed by atoms with van der Waals surface area (Å²) in [6, 6.07) is 72.7. The van der Waals surface area contributed by atoms with Crippen LogP contribution in [0.25, 0.3) is 65.7 Å². The lowest BCUT2D eigenvalue weighted by Gasteiger charge is -2.29. The van der Waals surface area contributed by atoms with Gasteiger partial charge in [0.05, 0.1) is 5.69 Å². The Bertz CT molecular complexity index is 2620. The highest BCUT2D eigenvalue weighted by Crippen LogP contribution is 2.44. The average Bonchev–Trinajstić information content (AvgIpc) is 3.18. The van der Waals surface area contributed by atoms with Crippen LogP contribution in [0.2, 0.25) is 0 Å². The zero-order valence-electron chi connectivity index (χ0n) is 27.0. The van der Waals surface area contributed by atoms with Crippen LogP contribution < -0.4 is 4.90 Å². The summed E-state index contributed by atoms with van der Waals surface area (Å²) in [4.78, 5) is 2.42. The maximum atomic E-state index is 2.42. The molecule has 0 spiro atoms. The maximum Gasteiger partial charge on any atom is 0.0546 e. The summed E-state index contributed by atoms with van der Waals surface area (Å²) in [5.41, 5.74) is 10.5. The number of benzene rings is 9. The Labute approximate surface area is 287 Å². The minimum Gasteiger partial charge on any atom is -0.310 e. The Kier molecular flexibility index (Phi) is 7.22. The van der Waals surface area contributed by atoms with Crippen LogP contribution in [0.1, 0.15) is 0 Å². The fraction of sp³-hybridized carbons (Fsp3) is 0. The summed E-state index contributed by atoms with van der Waals surface area (Å²) in [6.45, 7) is 0. The Morgan fingerprint density at radius 2 is 0.673 bits per heavy atom. The fourth-order valence-corrected chi connectivity index (χ4v) is 7.06. The Hall–Kier alpha value is -6.44. The average molecular weight is 624 g/mol. The predicted molar refractivity (Wildman–Crippen MR) is 210 cm³/mol. The van der Waals surface area contributed by atoms with E-state index in [9.17, 15) is 0 Å². The van der Waals surface area contributed by atoms with Gasteiger partial charge in [0, 0.05) is 16.9 Å². The van der Waals surface area contributed by atoms with Crippen molar-refractivity contribution in [3.8, 4) is 33.4 Å². The second-order valence-electron chi connectivity index (χ2n) is 12.6. The third-order valence-electron chi connectivity index (χ3n) is 9.58. The lowest BCUT2D eigenvalue weighted by atomic mass is 9.94. The molecule has 1 heteroatoms. The summed E-state index contributed by atoms with van der Waals surface area (Å²) in [6.07, 6.45) is 0. The van der Waals surface area contributed by atoms with Crippen LogP contribution in [-0.2, 0) is 0 Å². The molecular weight excluding hydrogens is 591 g/mol. The summed E-state index contributed by atoms with van der Waals surface area (Å²) in [5, 5.41) is 7.45. The summed E-state index contributed by atoms with van der Waals surface area (Å²) in [7, 11) is 0. The monoisotopic (exact) mass is 623 g/mol. The van der Waals surface area contributed by atoms with Crippen LogP contribution in [0.4, 0.5) is 17.1 Å². The molecular formula is C48H33N. The third kappa shape index (κ3) is 5.52. The molecule has 1 nitrogen and oxygen atoms in total. The largest absolute Gasteiger partial charge is 0.310 e. The van der Waals surface area contributed by atoms with E-state index in [0.29, 0.717) is 0 Å². The molecule has 0 saturated carbocycles. The molecule has 230 valence electrons. The van der Waals surface area contributed by atoms with E-state index in [4.69, 9.17) is 0 Å². The van der Waals surface area contributed by atoms with E-state index in [2.05, 4.69) is 205 Å². The molecule has 0 saturated heterocycles. The fourth-order valence-electron chi connectivity index (χ4n) is 7.06. The Balaban J connectivity index is 1.26. The molecule has 0 aliphatic rings. The van der Waals surface area contributed by atoms with Gasteiger partial charge >= 0.3 is 0 Å². The quantitative estimate of drug-likeness (QED) is 0.178. The zero-order chi connectivity index (χ0) is 32.6. The maximum absolute atomic E-state index is 2.42. The molecule has 9 aromatic rings. The molecule has 9 rings (SSSR count). The first-order valence-electron chi connectivity index (χ1n) is 16.8. The minimum atomic E-state index is 1.11. The van der Waals surface area contributed by atoms with E-state index >= 15 is 0 Å². The van der Waals surface area contributed by atoms with E-state index in [0.717, 1.165) is 17.1 Å². The van der Waals surface area contributed by atoms with Crippen molar-refractivity contribution >= 4 is 49.4 Å². The number of fused-ring (bicyclic) bond motifs is 3. The van der Waals surface area contributed by atoms with Gasteiger partial charge < -0.3 is 4.90 Å². The van der Waals surface area contributed by atoms with Crippen molar-refractivity contribution in [3.63, 3.8) is 0 Å². The van der Waals surface area contributed by atoms with Crippen molar-refractivity contribution in [2.75, 3.05) is 4.90 Å². The highest BCUT2D eigenvalue weighted by molar-refractivity contribution is 5.96. The van der Waals surface area contributed by atoms with E-state index in [1.807, 2.05) is 0 Å². The molecule has 0 radical (unpaired) electrons. The molecule has 0 aliphatic heterocycles. The van der Waals surface area contributed by atoms with Gasteiger partial charge in [-0.3, -0.25) is 0 Å². The first-order chi connectivity index (χ1) is 24.3. The van der Waals surface area contributed by atoms with Crippen molar-refractivity contribution in [2.24, 2.45) is 0 Å². The minimum absolute atomic E-state index is 1.11. The number of hydrogen-bond donors (Lipinski definition) is 0. The van der Waals surface area contributed by atoms with Gasteiger partial charge in [0.1, 0.15) is 0 Å². The van der Waals surface area contributed by atoms with Gasteiger partial charge in [-0.25, -0.2) is 0 Å². The molecule has 0 aliphatic carbocycles. The molecule has 0 heterocycles. The SMILES string of the molecule is c1ccc(N(c2cccc(-c3ccc4ccccc4c3)c2)c2cc(-c3ccc4ccccc4c3)ccc2-c2ccc3ccccc3c2)cc1. The van der Waals surface area contributed by atoms with Crippen LogP contribution in [0, 0.1) is 0 Å². The summed E-state index contributed by atoms with van der Waals surface area (Å²) >= 11 is 0. The van der Waals surface area contributed by atoms with Crippen molar-refractivity contribution in [1.82, 2.24) is 0 Å². The second kappa shape index (κ2) is 12.3. The predicted octanol–water partition coefficient (Wildman–Crippen LogP) is 13.6. The lowest BCUT2D eigenvalue weighted by Crippen LogP contribution is -2.11. The van der Waals surface area contributed by atoms with Gasteiger partial charge in [-0.1, -0.05) is 152 Å². The summed E-state index contributed by atoms with van der Waals surface area (Å²) < 4.78 is 0. The van der Waals surface area contributed by atoms with E-state index < -0.39 is 0 Å². The molecule has 9 aromatic carbocycles. The van der Waals surface area contributed by atoms with Crippen LogP contribution in [-0.4, -0.2) is 0 Å². The zero-order valence-corrected chi connectivity index (χ0v) is 27.0. The van der Waals surface area contributed by atoms with Crippen molar-refractivity contribution < 1.29 is 0 Å². The van der Waals surface area contributed by atoms with Gasteiger partial charge in [0.2, 0.25) is 0 Å². The van der Waals surface area contributed by atoms with Crippen LogP contribution >= 0.6 is 0 Å². The van der Waals surface area contributed by atoms with Gasteiger partial charge in [0.25, 0.3) is 0 Å². The molecule has 0 aromatic heterocycles. The second-order valence-corrected chi connectivity index (χ2v) is 12.6. The topological polar surface area (TPSA) is 3.24 Å². The highest BCUT2D eigenvalue weighted by atomic mass is 15.1. The third-order valence-corrected chi connectivity index (χ3v) is 9.58. The van der Waals surface area contributed by atoms with E-state index in [-0.39, 0.29) is 0 Å². The van der Waals surface area contributed by atoms with Gasteiger partial charge in [0.15, 0.2) is 0 Å². The Morgan fingerprint density at radius 1 is 0.245 bits per heavy atom. The molecule has 0 N–H and O–H groups in total. The molecule has 0 atom stereocenters. The molecule has 0 amide bonds. The van der Waals surface area contributed by atoms with E-state index in [1.165, 1.54) is 65.7 Å². The first kappa shape index (κ1) is 28.8. The van der Waals surface area contributed by atoms with E-state index in [1.54, 1.807) is 0 Å². The first-order valence-corrected chi connectivity index (χ1v) is 16.8. The molecule has 0 fully saturated rings. The van der Waals surface area contributed by atoms with Crippen molar-refractivity contribution in [2.45, 2.75) is 0 Å². The normalized spacial score (nSPS) is 11.3. The number of hydrogen-bond acceptors (Lipinski definition) is 1. The lowest BCUT2D eigenvalue weighted by molar-refractivity contribution is 1.28. The van der Waals surface area contributed by atoms with Crippen LogP contribution in [0.15, 0.2) is 200 Å². The molecule has 49 heavy (non-hydrogen) atoms. The van der Waals surface area contributed by atoms with Gasteiger partial charge in [-0.05, 0) is 109 Å².